The highest BCUT2D eigenvalue weighted by atomic mass is 15.1. The minimum atomic E-state index is 0.127. The van der Waals surface area contributed by atoms with E-state index in [1.54, 1.807) is 6.20 Å². The fourth-order valence-electron chi connectivity index (χ4n) is 2.90. The van der Waals surface area contributed by atoms with E-state index < -0.39 is 0 Å². The molecule has 104 valence electrons. The highest BCUT2D eigenvalue weighted by Gasteiger charge is 2.21. The average molecular weight is 260 g/mol. The summed E-state index contributed by atoms with van der Waals surface area (Å²) in [6.07, 6.45) is 7.25. The lowest BCUT2D eigenvalue weighted by molar-refractivity contribution is 0.351. The largest absolute Gasteiger partial charge is 0.384 e. The summed E-state index contributed by atoms with van der Waals surface area (Å²) in [6.45, 7) is 6.70. The molecule has 0 amide bonds. The number of aromatic nitrogens is 1. The summed E-state index contributed by atoms with van der Waals surface area (Å²) in [4.78, 5) is 6.53. The molecule has 1 atom stereocenters. The number of anilines is 1. The van der Waals surface area contributed by atoms with E-state index >= 15 is 0 Å². The van der Waals surface area contributed by atoms with Crippen molar-refractivity contribution in [3.05, 3.63) is 24.0 Å². The molecule has 1 aromatic heterocycles. The van der Waals surface area contributed by atoms with Crippen LogP contribution in [-0.4, -0.2) is 23.9 Å². The van der Waals surface area contributed by atoms with E-state index in [0.29, 0.717) is 0 Å². The molecule has 0 spiro atoms. The SMILES string of the molecule is CC(C)C1CCCN(c2cnccc2C(=N)N)CC1. The minimum absolute atomic E-state index is 0.127. The molecule has 1 saturated heterocycles. The van der Waals surface area contributed by atoms with Gasteiger partial charge in [0.05, 0.1) is 11.9 Å². The zero-order valence-electron chi connectivity index (χ0n) is 11.9. The zero-order chi connectivity index (χ0) is 13.8. The normalized spacial score (nSPS) is 20.4. The van der Waals surface area contributed by atoms with E-state index in [0.717, 1.165) is 36.2 Å². The number of hydrogen-bond donors (Lipinski definition) is 2. The van der Waals surface area contributed by atoms with Crippen LogP contribution in [0.5, 0.6) is 0 Å². The van der Waals surface area contributed by atoms with E-state index in [-0.39, 0.29) is 5.84 Å². The molecule has 0 bridgehead atoms. The van der Waals surface area contributed by atoms with Gasteiger partial charge >= 0.3 is 0 Å². The maximum absolute atomic E-state index is 7.68. The van der Waals surface area contributed by atoms with Crippen LogP contribution in [-0.2, 0) is 0 Å². The number of hydrogen-bond acceptors (Lipinski definition) is 3. The van der Waals surface area contributed by atoms with Gasteiger partial charge in [-0.3, -0.25) is 10.4 Å². The van der Waals surface area contributed by atoms with Crippen molar-refractivity contribution in [2.45, 2.75) is 33.1 Å². The Kier molecular flexibility index (Phi) is 4.40. The molecule has 19 heavy (non-hydrogen) atoms. The van der Waals surface area contributed by atoms with E-state index in [1.165, 1.54) is 19.3 Å². The highest BCUT2D eigenvalue weighted by Crippen LogP contribution is 2.28. The Morgan fingerprint density at radius 2 is 2.21 bits per heavy atom. The van der Waals surface area contributed by atoms with Crippen LogP contribution in [0, 0.1) is 17.2 Å². The molecule has 1 aromatic rings. The van der Waals surface area contributed by atoms with Gasteiger partial charge in [0, 0.05) is 24.8 Å². The Morgan fingerprint density at radius 3 is 2.89 bits per heavy atom. The van der Waals surface area contributed by atoms with Gasteiger partial charge < -0.3 is 10.6 Å². The van der Waals surface area contributed by atoms with Crippen molar-refractivity contribution in [2.24, 2.45) is 17.6 Å². The number of amidine groups is 1. The second-order valence-electron chi connectivity index (χ2n) is 5.73. The summed E-state index contributed by atoms with van der Waals surface area (Å²) in [5, 5.41) is 7.68. The Balaban J connectivity index is 2.16. The van der Waals surface area contributed by atoms with Gasteiger partial charge in [0.15, 0.2) is 0 Å². The molecule has 2 heterocycles. The van der Waals surface area contributed by atoms with Crippen molar-refractivity contribution in [3.63, 3.8) is 0 Å². The lowest BCUT2D eigenvalue weighted by Crippen LogP contribution is -2.27. The van der Waals surface area contributed by atoms with Gasteiger partial charge in [-0.2, -0.15) is 0 Å². The summed E-state index contributed by atoms with van der Waals surface area (Å²) in [6, 6.07) is 1.84. The number of nitrogens with two attached hydrogens (primary N) is 1. The second kappa shape index (κ2) is 6.04. The molecule has 0 aliphatic carbocycles. The molecule has 1 unspecified atom stereocenters. The molecule has 0 aromatic carbocycles. The second-order valence-corrected chi connectivity index (χ2v) is 5.73. The smallest absolute Gasteiger partial charge is 0.125 e. The summed E-state index contributed by atoms with van der Waals surface area (Å²) in [7, 11) is 0. The zero-order valence-corrected chi connectivity index (χ0v) is 11.9. The molecule has 2 rings (SSSR count). The molecule has 4 nitrogen and oxygen atoms in total. The Bertz CT molecular complexity index is 442. The molecule has 1 aliphatic heterocycles. The maximum Gasteiger partial charge on any atom is 0.125 e. The number of rotatable bonds is 3. The van der Waals surface area contributed by atoms with Gasteiger partial charge in [0.2, 0.25) is 0 Å². The lowest BCUT2D eigenvalue weighted by atomic mass is 9.89. The first-order valence-electron chi connectivity index (χ1n) is 7.13. The molecule has 3 N–H and O–H groups in total. The van der Waals surface area contributed by atoms with Crippen molar-refractivity contribution in [3.8, 4) is 0 Å². The molecule has 1 fully saturated rings. The minimum Gasteiger partial charge on any atom is -0.384 e. The number of nitrogens with one attached hydrogen (secondary N) is 1. The van der Waals surface area contributed by atoms with Crippen molar-refractivity contribution < 1.29 is 0 Å². The first kappa shape index (κ1) is 13.8. The summed E-state index contributed by atoms with van der Waals surface area (Å²) in [5.41, 5.74) is 7.48. The van der Waals surface area contributed by atoms with Crippen LogP contribution >= 0.6 is 0 Å². The van der Waals surface area contributed by atoms with Crippen LogP contribution in [0.15, 0.2) is 18.5 Å². The quantitative estimate of drug-likeness (QED) is 0.648. The van der Waals surface area contributed by atoms with Gasteiger partial charge in [-0.25, -0.2) is 0 Å². The topological polar surface area (TPSA) is 66.0 Å². The van der Waals surface area contributed by atoms with Gasteiger partial charge in [-0.1, -0.05) is 13.8 Å². The third-order valence-electron chi connectivity index (χ3n) is 4.15. The van der Waals surface area contributed by atoms with E-state index in [1.807, 2.05) is 12.3 Å². The van der Waals surface area contributed by atoms with Crippen LogP contribution in [0.25, 0.3) is 0 Å². The van der Waals surface area contributed by atoms with Crippen molar-refractivity contribution in [1.82, 2.24) is 4.98 Å². The van der Waals surface area contributed by atoms with Crippen molar-refractivity contribution in [1.29, 1.82) is 5.41 Å². The first-order valence-corrected chi connectivity index (χ1v) is 7.13. The Labute approximate surface area is 115 Å². The van der Waals surface area contributed by atoms with Gasteiger partial charge in [-0.15, -0.1) is 0 Å². The van der Waals surface area contributed by atoms with E-state index in [2.05, 4.69) is 23.7 Å². The van der Waals surface area contributed by atoms with E-state index in [9.17, 15) is 0 Å². The summed E-state index contributed by atoms with van der Waals surface area (Å²) >= 11 is 0. The fourth-order valence-corrected chi connectivity index (χ4v) is 2.90. The summed E-state index contributed by atoms with van der Waals surface area (Å²) < 4.78 is 0. The fraction of sp³-hybridized carbons (Fsp3) is 0.600. The monoisotopic (exact) mass is 260 g/mol. The predicted octanol–water partition coefficient (Wildman–Crippen LogP) is 2.63. The van der Waals surface area contributed by atoms with Crippen molar-refractivity contribution >= 4 is 11.5 Å². The lowest BCUT2D eigenvalue weighted by Gasteiger charge is -2.25. The van der Waals surface area contributed by atoms with Gasteiger partial charge in [-0.05, 0) is 37.2 Å². The van der Waals surface area contributed by atoms with Crippen LogP contribution in [0.4, 0.5) is 5.69 Å². The average Bonchev–Trinajstić information content (AvgIpc) is 2.64. The molecular formula is C15H24N4. The Morgan fingerprint density at radius 1 is 1.42 bits per heavy atom. The van der Waals surface area contributed by atoms with Gasteiger partial charge in [0.1, 0.15) is 5.84 Å². The molecule has 0 radical (unpaired) electrons. The number of nitrogens with zero attached hydrogens (tertiary/aromatic N) is 2. The predicted molar refractivity (Wildman–Crippen MR) is 79.6 cm³/mol. The Hall–Kier alpha value is -1.58. The van der Waals surface area contributed by atoms with Crippen LogP contribution in [0.1, 0.15) is 38.7 Å². The molecule has 1 aliphatic rings. The van der Waals surface area contributed by atoms with Crippen LogP contribution in [0.3, 0.4) is 0 Å². The molecule has 0 saturated carbocycles. The molecular weight excluding hydrogens is 236 g/mol. The van der Waals surface area contributed by atoms with Gasteiger partial charge in [0.25, 0.3) is 0 Å². The molecule has 4 heteroatoms. The standard InChI is InChI=1S/C15H24N4/c1-11(2)12-4-3-8-19(9-6-12)14-10-18-7-5-13(14)15(16)17/h5,7,10-12H,3-4,6,8-9H2,1-2H3,(H3,16,17). The third-order valence-corrected chi connectivity index (χ3v) is 4.15. The van der Waals surface area contributed by atoms with Crippen LogP contribution in [0.2, 0.25) is 0 Å². The number of pyridine rings is 1. The first-order chi connectivity index (χ1) is 9.09. The highest BCUT2D eigenvalue weighted by molar-refractivity contribution is 6.00. The third kappa shape index (κ3) is 3.25. The van der Waals surface area contributed by atoms with Crippen LogP contribution < -0.4 is 10.6 Å². The maximum atomic E-state index is 7.68. The number of nitrogen functional groups attached to an aromatic ring is 1. The summed E-state index contributed by atoms with van der Waals surface area (Å²) in [5.74, 6) is 1.69. The van der Waals surface area contributed by atoms with Crippen molar-refractivity contribution in [2.75, 3.05) is 18.0 Å². The van der Waals surface area contributed by atoms with E-state index in [4.69, 9.17) is 11.1 Å².